The Morgan fingerprint density at radius 2 is 1.66 bits per heavy atom. The Kier molecular flexibility index (Phi) is 12.3. The van der Waals surface area contributed by atoms with Gasteiger partial charge in [0, 0.05) is 31.1 Å². The van der Waals surface area contributed by atoms with Crippen LogP contribution in [0, 0.1) is 5.92 Å². The third-order valence-electron chi connectivity index (χ3n) is 9.36. The van der Waals surface area contributed by atoms with E-state index in [1.165, 1.54) is 25.7 Å². The smallest absolute Gasteiger partial charge is 0.490 e. The molecule has 12 heteroatoms. The number of halogens is 3. The zero-order valence-corrected chi connectivity index (χ0v) is 27.1. The lowest BCUT2D eigenvalue weighted by Crippen LogP contribution is -2.39. The van der Waals surface area contributed by atoms with Gasteiger partial charge in [0.1, 0.15) is 5.75 Å². The van der Waals surface area contributed by atoms with Crippen molar-refractivity contribution in [1.29, 1.82) is 0 Å². The molecule has 1 amide bonds. The molecule has 2 aromatic carbocycles. The minimum atomic E-state index is -5.08. The number of nitrogens with two attached hydrogens (primary N) is 1. The van der Waals surface area contributed by atoms with Crippen molar-refractivity contribution in [3.63, 3.8) is 0 Å². The minimum Gasteiger partial charge on any atom is -0.493 e. The lowest BCUT2D eigenvalue weighted by molar-refractivity contribution is -0.192. The molecule has 0 spiro atoms. The number of ether oxygens (including phenoxy) is 1. The van der Waals surface area contributed by atoms with E-state index in [1.807, 2.05) is 61.3 Å². The molecule has 9 nitrogen and oxygen atoms in total. The lowest BCUT2D eigenvalue weighted by atomic mass is 9.82. The monoisotopic (exact) mass is 658 g/mol. The van der Waals surface area contributed by atoms with Gasteiger partial charge in [-0.3, -0.25) is 14.2 Å². The van der Waals surface area contributed by atoms with Crippen molar-refractivity contribution in [2.75, 3.05) is 19.4 Å². The lowest BCUT2D eigenvalue weighted by Gasteiger charge is -2.34. The molecule has 1 heterocycles. The van der Waals surface area contributed by atoms with Crippen LogP contribution in [0.4, 0.5) is 19.1 Å². The second-order valence-corrected chi connectivity index (χ2v) is 12.4. The summed E-state index contributed by atoms with van der Waals surface area (Å²) in [6.07, 6.45) is 7.35. The van der Waals surface area contributed by atoms with Gasteiger partial charge < -0.3 is 20.5 Å². The van der Waals surface area contributed by atoms with Crippen molar-refractivity contribution >= 4 is 28.7 Å². The number of aromatic nitrogens is 2. The van der Waals surface area contributed by atoms with Gasteiger partial charge >= 0.3 is 12.1 Å². The van der Waals surface area contributed by atoms with E-state index in [-0.39, 0.29) is 23.5 Å². The first-order valence-electron chi connectivity index (χ1n) is 16.5. The summed E-state index contributed by atoms with van der Waals surface area (Å²) in [5.74, 6) is -1.25. The summed E-state index contributed by atoms with van der Waals surface area (Å²) in [5, 5.41) is 7.67. The number of aliphatic carboxylic acids is 1. The molecule has 2 aliphatic carbocycles. The fraction of sp³-hybridized carbons (Fsp3) is 0.543. The summed E-state index contributed by atoms with van der Waals surface area (Å²) in [6, 6.07) is 13.8. The van der Waals surface area contributed by atoms with Crippen molar-refractivity contribution in [3.8, 4) is 16.9 Å². The average molecular weight is 659 g/mol. The second-order valence-electron chi connectivity index (χ2n) is 12.4. The van der Waals surface area contributed by atoms with Gasteiger partial charge in [0.05, 0.1) is 17.5 Å². The molecular formula is C35H45F3N4O5. The number of hydrogen-bond donors (Lipinski definition) is 2. The van der Waals surface area contributed by atoms with Crippen molar-refractivity contribution in [1.82, 2.24) is 14.5 Å². The maximum atomic E-state index is 14.2. The van der Waals surface area contributed by atoms with Crippen LogP contribution < -0.4 is 16.0 Å². The van der Waals surface area contributed by atoms with Gasteiger partial charge in [-0.25, -0.2) is 9.78 Å². The normalized spacial score (nSPS) is 16.6. The number of anilines is 1. The molecule has 2 aliphatic rings. The SMILES string of the molecule is CCOc1ccccc1-c1ccc2nc(N)n(C(CCC(=O)N(C)C3CCCCC3)C3CCCCC3)c(=O)c2c1.O=C(O)C(F)(F)F. The number of alkyl halides is 3. The maximum absolute atomic E-state index is 14.2. The molecule has 5 rings (SSSR count). The Hall–Kier alpha value is -4.09. The van der Waals surface area contributed by atoms with Gasteiger partial charge in [-0.15, -0.1) is 0 Å². The van der Waals surface area contributed by atoms with E-state index >= 15 is 0 Å². The highest BCUT2D eigenvalue weighted by atomic mass is 19.4. The van der Waals surface area contributed by atoms with Gasteiger partial charge in [-0.2, -0.15) is 13.2 Å². The number of benzene rings is 2. The van der Waals surface area contributed by atoms with Crippen LogP contribution >= 0.6 is 0 Å². The number of fused-ring (bicyclic) bond motifs is 1. The number of hydrogen-bond acceptors (Lipinski definition) is 6. The van der Waals surface area contributed by atoms with Crippen LogP contribution in [-0.4, -0.2) is 57.3 Å². The highest BCUT2D eigenvalue weighted by molar-refractivity contribution is 5.86. The standard InChI is InChI=1S/C33H44N4O3.C2HF3O2/c1-3-40-30-17-11-10-16-26(30)24-18-19-28-27(22-24)32(39)37(33(34)35-28)29(23-12-6-4-7-13-23)20-21-31(38)36(2)25-14-8-5-9-15-25;3-2(4,5)1(6)7/h10-11,16-19,22-23,25,29H,3-9,12-15,20-21H2,1-2H3,(H2,34,35);(H,6,7). The highest BCUT2D eigenvalue weighted by Gasteiger charge is 2.38. The minimum absolute atomic E-state index is 0.123. The Bertz CT molecular complexity index is 1580. The Morgan fingerprint density at radius 1 is 1.04 bits per heavy atom. The van der Waals surface area contributed by atoms with Crippen molar-refractivity contribution in [3.05, 3.63) is 52.8 Å². The van der Waals surface area contributed by atoms with Crippen LogP contribution in [0.25, 0.3) is 22.0 Å². The van der Waals surface area contributed by atoms with Gasteiger partial charge in [-0.1, -0.05) is 62.8 Å². The van der Waals surface area contributed by atoms with Crippen LogP contribution in [0.2, 0.25) is 0 Å². The molecule has 47 heavy (non-hydrogen) atoms. The topological polar surface area (TPSA) is 128 Å². The molecule has 2 saturated carbocycles. The van der Waals surface area contributed by atoms with Gasteiger partial charge in [0.15, 0.2) is 0 Å². The number of para-hydroxylation sites is 1. The molecule has 1 aromatic heterocycles. The second kappa shape index (κ2) is 16.1. The molecule has 0 bridgehead atoms. The zero-order chi connectivity index (χ0) is 34.1. The predicted octanol–water partition coefficient (Wildman–Crippen LogP) is 7.37. The fourth-order valence-corrected chi connectivity index (χ4v) is 6.90. The van der Waals surface area contributed by atoms with Gasteiger partial charge in [0.25, 0.3) is 5.56 Å². The van der Waals surface area contributed by atoms with Crippen LogP contribution in [-0.2, 0) is 9.59 Å². The molecular weight excluding hydrogens is 613 g/mol. The molecule has 1 unspecified atom stereocenters. The molecule has 2 fully saturated rings. The number of carbonyl (C=O) groups excluding carboxylic acids is 1. The van der Waals surface area contributed by atoms with Gasteiger partial charge in [0.2, 0.25) is 11.9 Å². The molecule has 256 valence electrons. The summed E-state index contributed by atoms with van der Waals surface area (Å²) in [4.78, 5) is 43.0. The third-order valence-corrected chi connectivity index (χ3v) is 9.36. The van der Waals surface area contributed by atoms with E-state index in [9.17, 15) is 22.8 Å². The van der Waals surface area contributed by atoms with E-state index in [2.05, 4.69) is 0 Å². The highest BCUT2D eigenvalue weighted by Crippen LogP contribution is 2.37. The Balaban J connectivity index is 0.000000644. The van der Waals surface area contributed by atoms with E-state index < -0.39 is 12.1 Å². The summed E-state index contributed by atoms with van der Waals surface area (Å²) < 4.78 is 39.3. The van der Waals surface area contributed by atoms with E-state index in [4.69, 9.17) is 25.4 Å². The zero-order valence-electron chi connectivity index (χ0n) is 27.1. The van der Waals surface area contributed by atoms with E-state index in [0.29, 0.717) is 42.3 Å². The summed E-state index contributed by atoms with van der Waals surface area (Å²) in [5.41, 5.74) is 8.84. The molecule has 1 atom stereocenters. The van der Waals surface area contributed by atoms with Crippen LogP contribution in [0.5, 0.6) is 5.75 Å². The number of carboxylic acid groups (broad SMARTS) is 1. The van der Waals surface area contributed by atoms with Crippen LogP contribution in [0.3, 0.4) is 0 Å². The molecule has 3 N–H and O–H groups in total. The quantitative estimate of drug-likeness (QED) is 0.246. The van der Waals surface area contributed by atoms with E-state index in [1.54, 1.807) is 4.57 Å². The number of nitrogen functional groups attached to an aromatic ring is 1. The Labute approximate surface area is 272 Å². The molecule has 0 saturated heterocycles. The molecule has 0 aliphatic heterocycles. The summed E-state index contributed by atoms with van der Waals surface area (Å²) >= 11 is 0. The number of carbonyl (C=O) groups is 2. The first-order chi connectivity index (χ1) is 22.4. The average Bonchev–Trinajstić information content (AvgIpc) is 3.06. The predicted molar refractivity (Wildman–Crippen MR) is 175 cm³/mol. The largest absolute Gasteiger partial charge is 0.493 e. The number of nitrogens with zero attached hydrogens (tertiary/aromatic N) is 3. The van der Waals surface area contributed by atoms with Crippen molar-refractivity contribution in [2.45, 2.75) is 102 Å². The number of amides is 1. The van der Waals surface area contributed by atoms with Crippen molar-refractivity contribution in [2.24, 2.45) is 5.92 Å². The molecule has 3 aromatic rings. The van der Waals surface area contributed by atoms with E-state index in [0.717, 1.165) is 55.4 Å². The van der Waals surface area contributed by atoms with Crippen LogP contribution in [0.1, 0.15) is 90.0 Å². The Morgan fingerprint density at radius 3 is 2.28 bits per heavy atom. The summed E-state index contributed by atoms with van der Waals surface area (Å²) in [7, 11) is 1.95. The fourth-order valence-electron chi connectivity index (χ4n) is 6.90. The number of rotatable bonds is 9. The van der Waals surface area contributed by atoms with Crippen molar-refractivity contribution < 1.29 is 32.6 Å². The molecule has 0 radical (unpaired) electrons. The first-order valence-corrected chi connectivity index (χ1v) is 16.5. The first kappa shape index (κ1) is 35.8. The third kappa shape index (κ3) is 9.04. The van der Waals surface area contributed by atoms with Gasteiger partial charge in [-0.05, 0) is 68.7 Å². The maximum Gasteiger partial charge on any atom is 0.490 e. The van der Waals surface area contributed by atoms with Crippen LogP contribution in [0.15, 0.2) is 47.3 Å². The number of carboxylic acids is 1. The summed E-state index contributed by atoms with van der Waals surface area (Å²) in [6.45, 7) is 2.53.